The lowest BCUT2D eigenvalue weighted by Crippen LogP contribution is -2.47. The van der Waals surface area contributed by atoms with Crippen molar-refractivity contribution in [2.24, 2.45) is 13.0 Å². The fraction of sp³-hybridized carbons (Fsp3) is 0.452. The van der Waals surface area contributed by atoms with Crippen molar-refractivity contribution >= 4 is 5.91 Å². The average molecular weight is 515 g/mol. The van der Waals surface area contributed by atoms with Crippen LogP contribution in [0.15, 0.2) is 65.8 Å². The highest BCUT2D eigenvalue weighted by Crippen LogP contribution is 2.36. The second kappa shape index (κ2) is 12.0. The molecular formula is C31H38N4O3. The summed E-state index contributed by atoms with van der Waals surface area (Å²) in [5, 5.41) is 3.43. The molecule has 7 nitrogen and oxygen atoms in total. The molecule has 1 N–H and O–H groups in total. The Labute approximate surface area is 224 Å². The molecule has 38 heavy (non-hydrogen) atoms. The molecule has 0 radical (unpaired) electrons. The lowest BCUT2D eigenvalue weighted by molar-refractivity contribution is -0.138. The molecule has 1 saturated heterocycles. The molecule has 3 heterocycles. The highest BCUT2D eigenvalue weighted by molar-refractivity contribution is 5.81. The first-order chi connectivity index (χ1) is 18.5. The van der Waals surface area contributed by atoms with Crippen LogP contribution in [0.1, 0.15) is 48.3 Å². The van der Waals surface area contributed by atoms with E-state index in [0.717, 1.165) is 61.9 Å². The third kappa shape index (κ3) is 6.05. The largest absolute Gasteiger partial charge is 0.385 e. The maximum absolute atomic E-state index is 14.1. The minimum atomic E-state index is -0.178. The van der Waals surface area contributed by atoms with E-state index < -0.39 is 0 Å². The van der Waals surface area contributed by atoms with Crippen molar-refractivity contribution in [2.45, 2.75) is 50.6 Å². The van der Waals surface area contributed by atoms with Crippen LogP contribution in [0.4, 0.5) is 0 Å². The summed E-state index contributed by atoms with van der Waals surface area (Å²) in [5.41, 5.74) is 5.61. The second-order valence-electron chi connectivity index (χ2n) is 10.6. The van der Waals surface area contributed by atoms with Crippen LogP contribution in [0.3, 0.4) is 0 Å². The van der Waals surface area contributed by atoms with Gasteiger partial charge in [-0.25, -0.2) is 0 Å². The summed E-state index contributed by atoms with van der Waals surface area (Å²) in [7, 11) is 3.49. The van der Waals surface area contributed by atoms with E-state index in [4.69, 9.17) is 4.74 Å². The second-order valence-corrected chi connectivity index (χ2v) is 10.6. The quantitative estimate of drug-likeness (QED) is 0.415. The molecule has 2 atom stereocenters. The fourth-order valence-electron chi connectivity index (χ4n) is 5.63. The van der Waals surface area contributed by atoms with E-state index in [9.17, 15) is 9.59 Å². The number of nitrogens with one attached hydrogen (secondary N) is 1. The predicted molar refractivity (Wildman–Crippen MR) is 149 cm³/mol. The summed E-state index contributed by atoms with van der Waals surface area (Å²) in [4.78, 5) is 32.9. The van der Waals surface area contributed by atoms with Crippen molar-refractivity contribution in [1.29, 1.82) is 0 Å². The minimum Gasteiger partial charge on any atom is -0.385 e. The number of pyridine rings is 2. The average Bonchev–Trinajstić information content (AvgIpc) is 3.79. The van der Waals surface area contributed by atoms with Gasteiger partial charge in [-0.1, -0.05) is 18.2 Å². The number of benzene rings is 1. The molecule has 1 amide bonds. The van der Waals surface area contributed by atoms with Crippen molar-refractivity contribution < 1.29 is 9.53 Å². The molecule has 0 bridgehead atoms. The van der Waals surface area contributed by atoms with E-state index >= 15 is 0 Å². The molecule has 2 aromatic heterocycles. The number of carbonyl (C=O) groups excluding carboxylic acids is 1. The summed E-state index contributed by atoms with van der Waals surface area (Å²) >= 11 is 0. The van der Waals surface area contributed by atoms with Gasteiger partial charge in [0.1, 0.15) is 0 Å². The molecule has 2 unspecified atom stereocenters. The number of aryl methyl sites for hydroxylation is 2. The summed E-state index contributed by atoms with van der Waals surface area (Å²) in [6.07, 6.45) is 10.3. The summed E-state index contributed by atoms with van der Waals surface area (Å²) in [6.45, 7) is 2.81. The Morgan fingerprint density at radius 2 is 2.05 bits per heavy atom. The van der Waals surface area contributed by atoms with Crippen LogP contribution < -0.4 is 10.9 Å². The van der Waals surface area contributed by atoms with Gasteiger partial charge in [-0.15, -0.1) is 0 Å². The van der Waals surface area contributed by atoms with E-state index in [1.807, 2.05) is 24.5 Å². The molecule has 1 aliphatic heterocycles. The van der Waals surface area contributed by atoms with Crippen molar-refractivity contribution in [2.75, 3.05) is 26.8 Å². The van der Waals surface area contributed by atoms with E-state index in [1.54, 1.807) is 31.0 Å². The number of amides is 1. The molecule has 7 heteroatoms. The van der Waals surface area contributed by atoms with Crippen LogP contribution in [0.25, 0.3) is 11.1 Å². The van der Waals surface area contributed by atoms with Gasteiger partial charge < -0.3 is 19.5 Å². The lowest BCUT2D eigenvalue weighted by atomic mass is 9.80. The van der Waals surface area contributed by atoms with Gasteiger partial charge in [0, 0.05) is 70.1 Å². The van der Waals surface area contributed by atoms with E-state index in [-0.39, 0.29) is 29.3 Å². The van der Waals surface area contributed by atoms with Gasteiger partial charge in [0.05, 0.1) is 5.92 Å². The Bertz CT molecular complexity index is 1300. The minimum absolute atomic E-state index is 0.0280. The number of piperidine rings is 1. The number of aromatic nitrogens is 2. The van der Waals surface area contributed by atoms with Crippen LogP contribution in [0.2, 0.25) is 0 Å². The van der Waals surface area contributed by atoms with E-state index in [2.05, 4.69) is 39.5 Å². The van der Waals surface area contributed by atoms with Gasteiger partial charge in [-0.3, -0.25) is 14.6 Å². The van der Waals surface area contributed by atoms with Crippen LogP contribution in [0.5, 0.6) is 0 Å². The first-order valence-corrected chi connectivity index (χ1v) is 13.7. The zero-order chi connectivity index (χ0) is 26.5. The molecule has 200 valence electrons. The molecule has 0 spiro atoms. The van der Waals surface area contributed by atoms with Crippen molar-refractivity contribution in [3.05, 3.63) is 88.1 Å². The van der Waals surface area contributed by atoms with E-state index in [1.165, 1.54) is 11.1 Å². The Morgan fingerprint density at radius 1 is 1.18 bits per heavy atom. The van der Waals surface area contributed by atoms with Gasteiger partial charge in [-0.05, 0) is 85.0 Å². The highest BCUT2D eigenvalue weighted by atomic mass is 16.5. The molecular weight excluding hydrogens is 476 g/mol. The van der Waals surface area contributed by atoms with Gasteiger partial charge in [-0.2, -0.15) is 0 Å². The van der Waals surface area contributed by atoms with Gasteiger partial charge in [0.25, 0.3) is 5.56 Å². The maximum Gasteiger partial charge on any atom is 0.250 e. The highest BCUT2D eigenvalue weighted by Gasteiger charge is 2.40. The Hall–Kier alpha value is -3.29. The SMILES string of the molecule is COCCCc1ccc(CN(C(=O)C2CNCCC2c2ccn(C)c(=O)c2)C2CC2)cc1-c1cccnc1. The zero-order valence-electron chi connectivity index (χ0n) is 22.4. The third-order valence-electron chi connectivity index (χ3n) is 7.92. The van der Waals surface area contributed by atoms with Crippen molar-refractivity contribution in [3.8, 4) is 11.1 Å². The van der Waals surface area contributed by atoms with Gasteiger partial charge in [0.2, 0.25) is 5.91 Å². The third-order valence-corrected chi connectivity index (χ3v) is 7.92. The first kappa shape index (κ1) is 26.3. The van der Waals surface area contributed by atoms with Crippen LogP contribution in [-0.2, 0) is 29.5 Å². The molecule has 1 aromatic carbocycles. The molecule has 1 saturated carbocycles. The normalized spacial score (nSPS) is 19.3. The summed E-state index contributed by atoms with van der Waals surface area (Å²) in [5.74, 6) is 0.0630. The number of hydrogen-bond donors (Lipinski definition) is 1. The van der Waals surface area contributed by atoms with E-state index in [0.29, 0.717) is 13.1 Å². The first-order valence-electron chi connectivity index (χ1n) is 13.7. The van der Waals surface area contributed by atoms with Gasteiger partial charge >= 0.3 is 0 Å². The number of ether oxygens (including phenoxy) is 1. The molecule has 2 fully saturated rings. The molecule has 5 rings (SSSR count). The molecule has 1 aliphatic carbocycles. The van der Waals surface area contributed by atoms with Crippen LogP contribution in [0, 0.1) is 5.92 Å². The maximum atomic E-state index is 14.1. The number of nitrogens with zero attached hydrogens (tertiary/aromatic N) is 3. The van der Waals surface area contributed by atoms with Crippen molar-refractivity contribution in [1.82, 2.24) is 19.8 Å². The Morgan fingerprint density at radius 3 is 2.79 bits per heavy atom. The monoisotopic (exact) mass is 514 g/mol. The molecule has 2 aliphatic rings. The zero-order valence-corrected chi connectivity index (χ0v) is 22.4. The standard InChI is InChI=1S/C31H38N4O3/c1-34-15-12-24(18-30(34)36)27-11-14-33-20-29(27)31(37)35(26-9-10-26)21-22-7-8-23(6-4-16-38-2)28(17-22)25-5-3-13-32-19-25/h3,5,7-8,12-13,15,17-19,26-27,29,33H,4,6,9-11,14,16,20-21H2,1-2H3. The fourth-order valence-corrected chi connectivity index (χ4v) is 5.63. The Balaban J connectivity index is 1.41. The predicted octanol–water partition coefficient (Wildman–Crippen LogP) is 3.91. The van der Waals surface area contributed by atoms with Crippen molar-refractivity contribution in [3.63, 3.8) is 0 Å². The number of rotatable bonds is 10. The Kier molecular flexibility index (Phi) is 8.35. The number of methoxy groups -OCH3 is 1. The summed E-state index contributed by atoms with van der Waals surface area (Å²) < 4.78 is 6.86. The number of carbonyl (C=O) groups is 1. The lowest BCUT2D eigenvalue weighted by Gasteiger charge is -2.36. The molecule has 3 aromatic rings. The van der Waals surface area contributed by atoms with Crippen LogP contribution in [-0.4, -0.2) is 53.2 Å². The summed E-state index contributed by atoms with van der Waals surface area (Å²) in [6, 6.07) is 14.7. The van der Waals surface area contributed by atoms with Crippen LogP contribution >= 0.6 is 0 Å². The number of hydrogen-bond acceptors (Lipinski definition) is 5. The van der Waals surface area contributed by atoms with Gasteiger partial charge in [0.15, 0.2) is 0 Å². The topological polar surface area (TPSA) is 76.5 Å². The smallest absolute Gasteiger partial charge is 0.250 e.